The van der Waals surface area contributed by atoms with Gasteiger partial charge in [-0.15, -0.1) is 0 Å². The summed E-state index contributed by atoms with van der Waals surface area (Å²) in [5.41, 5.74) is 0.624. The minimum atomic E-state index is -3.35. The van der Waals surface area contributed by atoms with E-state index in [0.717, 1.165) is 0 Å². The lowest BCUT2D eigenvalue weighted by Crippen LogP contribution is -2.19. The van der Waals surface area contributed by atoms with Crippen LogP contribution in [0.15, 0.2) is 52.4 Å². The third-order valence-electron chi connectivity index (χ3n) is 3.27. The number of anilines is 1. The molecule has 2 aromatic carbocycles. The molecular weight excluding hydrogens is 488 g/mol. The first kappa shape index (κ1) is 24.0. The zero-order valence-electron chi connectivity index (χ0n) is 14.8. The van der Waals surface area contributed by atoms with E-state index in [9.17, 15) is 13.6 Å². The average Bonchev–Trinajstić information content (AvgIpc) is 2.63. The van der Waals surface area contributed by atoms with Gasteiger partial charge in [0.25, 0.3) is 0 Å². The van der Waals surface area contributed by atoms with E-state index in [4.69, 9.17) is 51.1 Å². The highest BCUT2D eigenvalue weighted by Gasteiger charge is 2.38. The molecule has 11 heteroatoms. The molecule has 0 bridgehead atoms. The number of ether oxygens (including phenoxy) is 1. The summed E-state index contributed by atoms with van der Waals surface area (Å²) in [6.07, 6.45) is 0. The molecule has 0 aliphatic heterocycles. The molecule has 2 rings (SSSR count). The molecule has 2 amide bonds. The summed E-state index contributed by atoms with van der Waals surface area (Å²) in [5, 5.41) is -0.288. The number of carbonyl (C=O) groups excluding carboxylic acids is 1. The van der Waals surface area contributed by atoms with Gasteiger partial charge in [-0.2, -0.15) is 13.8 Å². The first-order chi connectivity index (χ1) is 13.6. The highest BCUT2D eigenvalue weighted by molar-refractivity contribution is 8.00. The first-order valence-electron chi connectivity index (χ1n) is 8.06. The molecule has 4 nitrogen and oxygen atoms in total. The van der Waals surface area contributed by atoms with Gasteiger partial charge in [-0.3, -0.25) is 0 Å². The van der Waals surface area contributed by atoms with Crippen LogP contribution in [0, 0.1) is 0 Å². The van der Waals surface area contributed by atoms with Gasteiger partial charge < -0.3 is 10.1 Å². The van der Waals surface area contributed by atoms with Crippen molar-refractivity contribution < 1.29 is 18.3 Å². The summed E-state index contributed by atoms with van der Waals surface area (Å²) in [5.74, 6) is -0.0392. The number of halogens is 6. The van der Waals surface area contributed by atoms with E-state index in [1.165, 1.54) is 24.3 Å². The second kappa shape index (κ2) is 10.7. The third kappa shape index (κ3) is 6.89. The molecule has 0 spiro atoms. The third-order valence-corrected chi connectivity index (χ3v) is 5.73. The van der Waals surface area contributed by atoms with Gasteiger partial charge in [0.1, 0.15) is 0 Å². The van der Waals surface area contributed by atoms with Crippen LogP contribution in [0.3, 0.4) is 0 Å². The monoisotopic (exact) mass is 500 g/mol. The van der Waals surface area contributed by atoms with Crippen LogP contribution in [0.5, 0.6) is 0 Å². The largest absolute Gasteiger partial charge is 0.477 e. The summed E-state index contributed by atoms with van der Waals surface area (Å²) >= 11 is 23.0. The first-order valence-corrected chi connectivity index (χ1v) is 10.5. The second-order valence-electron chi connectivity index (χ2n) is 5.37. The number of urea groups is 1. The normalized spacial score (nSPS) is 12.2. The van der Waals surface area contributed by atoms with Gasteiger partial charge in [0.05, 0.1) is 22.2 Å². The van der Waals surface area contributed by atoms with Crippen LogP contribution in [0.4, 0.5) is 19.3 Å². The maximum absolute atomic E-state index is 13.6. The van der Waals surface area contributed by atoms with Crippen LogP contribution in [0.2, 0.25) is 10.0 Å². The lowest BCUT2D eigenvalue weighted by molar-refractivity contribution is 0.122. The van der Waals surface area contributed by atoms with E-state index in [2.05, 4.69) is 10.3 Å². The molecule has 29 heavy (non-hydrogen) atoms. The Morgan fingerprint density at radius 2 is 1.76 bits per heavy atom. The minimum Gasteiger partial charge on any atom is -0.477 e. The molecule has 0 saturated carbocycles. The average molecular weight is 502 g/mol. The summed E-state index contributed by atoms with van der Waals surface area (Å²) in [6.45, 7) is 1.95. The molecule has 0 saturated heterocycles. The number of nitrogens with one attached hydrogen (secondary N) is 1. The van der Waals surface area contributed by atoms with E-state index in [-0.39, 0.29) is 39.2 Å². The molecule has 0 unspecified atom stereocenters. The van der Waals surface area contributed by atoms with Crippen molar-refractivity contribution in [1.29, 1.82) is 0 Å². The molecule has 156 valence electrons. The molecular formula is C18H14Cl4F2N2O2S. The van der Waals surface area contributed by atoms with Crippen molar-refractivity contribution in [3.8, 4) is 0 Å². The van der Waals surface area contributed by atoms with Gasteiger partial charge in [-0.25, -0.2) is 4.79 Å². The fourth-order valence-electron chi connectivity index (χ4n) is 2.05. The van der Waals surface area contributed by atoms with Crippen LogP contribution >= 0.6 is 58.2 Å². The van der Waals surface area contributed by atoms with Crippen molar-refractivity contribution in [2.24, 2.45) is 4.99 Å². The van der Waals surface area contributed by atoms with Crippen LogP contribution in [0.1, 0.15) is 12.5 Å². The van der Waals surface area contributed by atoms with Crippen LogP contribution in [-0.4, -0.2) is 28.6 Å². The van der Waals surface area contributed by atoms with Crippen molar-refractivity contribution in [3.63, 3.8) is 0 Å². The molecule has 0 aliphatic rings. The lowest BCUT2D eigenvalue weighted by atomic mass is 10.2. The number of thioether (sulfide) groups is 1. The zero-order valence-corrected chi connectivity index (χ0v) is 18.6. The fraction of sp³-hybridized carbons (Fsp3) is 0.222. The number of benzene rings is 2. The van der Waals surface area contributed by atoms with Gasteiger partial charge in [0.2, 0.25) is 5.90 Å². The highest BCUT2D eigenvalue weighted by atomic mass is 35.5. The van der Waals surface area contributed by atoms with Crippen molar-refractivity contribution >= 4 is 75.8 Å². The van der Waals surface area contributed by atoms with Gasteiger partial charge >= 0.3 is 11.3 Å². The molecule has 0 heterocycles. The van der Waals surface area contributed by atoms with Crippen molar-refractivity contribution in [2.45, 2.75) is 21.9 Å². The predicted octanol–water partition coefficient (Wildman–Crippen LogP) is 7.50. The molecule has 0 atom stereocenters. The van der Waals surface area contributed by atoms with E-state index in [0.29, 0.717) is 11.3 Å². The molecule has 2 aromatic rings. The van der Waals surface area contributed by atoms with Crippen LogP contribution < -0.4 is 5.32 Å². The number of amides is 2. The van der Waals surface area contributed by atoms with E-state index in [1.54, 1.807) is 25.1 Å². The van der Waals surface area contributed by atoms with Gasteiger partial charge in [-0.05, 0) is 55.1 Å². The standard InChI is InChI=1S/C18H14Cl4F2N2O2S/c1-2-28-15(14-12(19)4-3-5-13(14)20)26-17(27)25-10-6-8-11(9-7-10)29-18(23,24)16(21)22/h3-9,16H,2H2,1H3,(H,25,27). The summed E-state index contributed by atoms with van der Waals surface area (Å²) in [6, 6.07) is 9.74. The summed E-state index contributed by atoms with van der Waals surface area (Å²) in [4.78, 5) is 14.5. The number of aliphatic imine (C=N–C) groups is 1. The van der Waals surface area contributed by atoms with Gasteiger partial charge in [-0.1, -0.05) is 52.5 Å². The van der Waals surface area contributed by atoms with Crippen molar-refractivity contribution in [3.05, 3.63) is 58.1 Å². The number of hydrogen-bond acceptors (Lipinski definition) is 3. The van der Waals surface area contributed by atoms with E-state index < -0.39 is 16.1 Å². The molecule has 0 radical (unpaired) electrons. The number of hydrogen-bond donors (Lipinski definition) is 1. The topological polar surface area (TPSA) is 50.7 Å². The van der Waals surface area contributed by atoms with Gasteiger partial charge in [0, 0.05) is 10.6 Å². The van der Waals surface area contributed by atoms with Crippen LogP contribution in [-0.2, 0) is 4.74 Å². The maximum Gasteiger partial charge on any atom is 0.348 e. The number of rotatable bonds is 6. The number of carbonyl (C=O) groups is 1. The lowest BCUT2D eigenvalue weighted by Gasteiger charge is -2.16. The summed E-state index contributed by atoms with van der Waals surface area (Å²) in [7, 11) is 0. The SMILES string of the molecule is CCOC(=NC(=O)Nc1ccc(SC(F)(F)C(Cl)Cl)cc1)c1c(Cl)cccc1Cl. The Morgan fingerprint density at radius 1 is 1.17 bits per heavy atom. The van der Waals surface area contributed by atoms with E-state index >= 15 is 0 Å². The molecule has 0 aromatic heterocycles. The number of alkyl halides is 4. The van der Waals surface area contributed by atoms with Crippen LogP contribution in [0.25, 0.3) is 0 Å². The second-order valence-corrected chi connectivity index (χ2v) is 8.50. The Morgan fingerprint density at radius 3 is 2.28 bits per heavy atom. The molecule has 1 N–H and O–H groups in total. The van der Waals surface area contributed by atoms with Gasteiger partial charge in [0.15, 0.2) is 4.84 Å². The molecule has 0 aliphatic carbocycles. The quantitative estimate of drug-likeness (QED) is 0.193. The number of nitrogens with zero attached hydrogens (tertiary/aromatic N) is 1. The van der Waals surface area contributed by atoms with Crippen molar-refractivity contribution in [1.82, 2.24) is 0 Å². The zero-order chi connectivity index (χ0) is 21.6. The molecule has 0 fully saturated rings. The Bertz CT molecular complexity index is 876. The van der Waals surface area contributed by atoms with E-state index in [1.807, 2.05) is 0 Å². The Kier molecular flexibility index (Phi) is 8.85. The fourth-order valence-corrected chi connectivity index (χ4v) is 3.55. The predicted molar refractivity (Wildman–Crippen MR) is 116 cm³/mol. The van der Waals surface area contributed by atoms with Crippen molar-refractivity contribution in [2.75, 3.05) is 11.9 Å². The highest BCUT2D eigenvalue weighted by Crippen LogP contribution is 2.42. The Balaban J connectivity index is 2.16. The smallest absolute Gasteiger partial charge is 0.348 e. The maximum atomic E-state index is 13.6. The Hall–Kier alpha value is -1.25. The summed E-state index contributed by atoms with van der Waals surface area (Å²) < 4.78 is 32.5. The minimum absolute atomic E-state index is 0.0392. The Labute approximate surface area is 190 Å².